The quantitative estimate of drug-likeness (QED) is 0.524. The first kappa shape index (κ1) is 8.80. The summed E-state index contributed by atoms with van der Waals surface area (Å²) < 4.78 is 0. The molecule has 0 saturated heterocycles. The zero-order chi connectivity index (χ0) is 9.68. The standard InChI is InChI=1S/C7H6N4O2/c8-5-6-1-3-7(4-2-6)9-10-11(12)13/h1-4,9-10H. The monoisotopic (exact) mass is 178 g/mol. The molecule has 0 aliphatic heterocycles. The number of nitro groups is 1. The van der Waals surface area contributed by atoms with Crippen LogP contribution in [0, 0.1) is 21.4 Å². The highest BCUT2D eigenvalue weighted by atomic mass is 16.7. The predicted molar refractivity (Wildman–Crippen MR) is 44.9 cm³/mol. The Labute approximate surface area is 73.9 Å². The number of nitrogens with one attached hydrogen (secondary N) is 2. The lowest BCUT2D eigenvalue weighted by Crippen LogP contribution is -2.27. The van der Waals surface area contributed by atoms with Gasteiger partial charge < -0.3 is 0 Å². The average molecular weight is 178 g/mol. The number of anilines is 1. The van der Waals surface area contributed by atoms with Crippen LogP contribution in [-0.4, -0.2) is 5.03 Å². The van der Waals surface area contributed by atoms with Gasteiger partial charge in [0.05, 0.1) is 17.3 Å². The molecule has 1 aromatic rings. The van der Waals surface area contributed by atoms with E-state index in [1.54, 1.807) is 29.8 Å². The predicted octanol–water partition coefficient (Wildman–Crippen LogP) is 0.666. The normalized spacial score (nSPS) is 8.54. The Balaban J connectivity index is 2.60. The first-order chi connectivity index (χ1) is 6.22. The average Bonchev–Trinajstić information content (AvgIpc) is 2.15. The zero-order valence-corrected chi connectivity index (χ0v) is 6.52. The van der Waals surface area contributed by atoms with Crippen LogP contribution in [0.5, 0.6) is 0 Å². The zero-order valence-electron chi connectivity index (χ0n) is 6.52. The number of hydrogen-bond acceptors (Lipinski definition) is 4. The van der Waals surface area contributed by atoms with Gasteiger partial charge in [-0.25, -0.2) is 15.5 Å². The molecule has 1 aromatic carbocycles. The molecule has 13 heavy (non-hydrogen) atoms. The van der Waals surface area contributed by atoms with E-state index in [0.29, 0.717) is 11.3 Å². The molecule has 6 heteroatoms. The Morgan fingerprint density at radius 1 is 1.38 bits per heavy atom. The molecule has 0 aliphatic rings. The molecular formula is C7H6N4O2. The number of nitriles is 1. The van der Waals surface area contributed by atoms with Crippen molar-refractivity contribution in [2.24, 2.45) is 0 Å². The first-order valence-electron chi connectivity index (χ1n) is 3.38. The maximum absolute atomic E-state index is 9.88. The van der Waals surface area contributed by atoms with Crippen LogP contribution in [0.4, 0.5) is 5.69 Å². The van der Waals surface area contributed by atoms with Gasteiger partial charge in [-0.3, -0.25) is 0 Å². The summed E-state index contributed by atoms with van der Waals surface area (Å²) in [5, 5.41) is 17.6. The molecule has 0 aromatic heterocycles. The molecule has 6 nitrogen and oxygen atoms in total. The highest BCUT2D eigenvalue weighted by molar-refractivity contribution is 5.46. The number of hydrazine groups is 2. The van der Waals surface area contributed by atoms with Crippen LogP contribution >= 0.6 is 0 Å². The minimum absolute atomic E-state index is 0.506. The highest BCUT2D eigenvalue weighted by Gasteiger charge is 1.94. The van der Waals surface area contributed by atoms with E-state index < -0.39 is 5.03 Å². The molecule has 0 fully saturated rings. The van der Waals surface area contributed by atoms with Crippen molar-refractivity contribution in [1.82, 2.24) is 5.53 Å². The molecule has 0 saturated carbocycles. The minimum Gasteiger partial charge on any atom is -0.248 e. The van der Waals surface area contributed by atoms with Crippen LogP contribution in [0.3, 0.4) is 0 Å². The topological polar surface area (TPSA) is 91.0 Å². The van der Waals surface area contributed by atoms with E-state index in [0.717, 1.165) is 0 Å². The van der Waals surface area contributed by atoms with Crippen LogP contribution < -0.4 is 11.0 Å². The van der Waals surface area contributed by atoms with E-state index >= 15 is 0 Å². The second-order valence-electron chi connectivity index (χ2n) is 2.18. The molecule has 0 heterocycles. The molecule has 1 rings (SSSR count). The van der Waals surface area contributed by atoms with E-state index in [1.807, 2.05) is 6.07 Å². The Morgan fingerprint density at radius 2 is 2.00 bits per heavy atom. The van der Waals surface area contributed by atoms with Gasteiger partial charge in [0, 0.05) is 0 Å². The summed E-state index contributed by atoms with van der Waals surface area (Å²) in [7, 11) is 0. The Hall–Kier alpha value is -2.29. The minimum atomic E-state index is -0.710. The van der Waals surface area contributed by atoms with Crippen molar-refractivity contribution in [3.63, 3.8) is 0 Å². The molecule has 0 aliphatic carbocycles. The van der Waals surface area contributed by atoms with Gasteiger partial charge in [0.2, 0.25) is 0 Å². The molecular weight excluding hydrogens is 172 g/mol. The lowest BCUT2D eigenvalue weighted by Gasteiger charge is -2.00. The Bertz CT molecular complexity index is 341. The van der Waals surface area contributed by atoms with Crippen molar-refractivity contribution in [2.45, 2.75) is 0 Å². The summed E-state index contributed by atoms with van der Waals surface area (Å²) >= 11 is 0. The van der Waals surface area contributed by atoms with Gasteiger partial charge in [-0.05, 0) is 29.8 Å². The summed E-state index contributed by atoms with van der Waals surface area (Å²) in [5.74, 6) is 0. The third-order valence-electron chi connectivity index (χ3n) is 1.31. The van der Waals surface area contributed by atoms with Crippen molar-refractivity contribution < 1.29 is 5.03 Å². The maximum atomic E-state index is 9.88. The molecule has 0 bridgehead atoms. The van der Waals surface area contributed by atoms with Gasteiger partial charge in [-0.1, -0.05) is 0 Å². The molecule has 2 N–H and O–H groups in total. The Kier molecular flexibility index (Phi) is 2.65. The van der Waals surface area contributed by atoms with Gasteiger partial charge in [0.15, 0.2) is 5.03 Å². The molecule has 0 atom stereocenters. The summed E-state index contributed by atoms with van der Waals surface area (Å²) in [4.78, 5) is 9.88. The fourth-order valence-corrected chi connectivity index (χ4v) is 0.738. The number of benzene rings is 1. The lowest BCUT2D eigenvalue weighted by molar-refractivity contribution is -0.538. The molecule has 0 unspecified atom stereocenters. The van der Waals surface area contributed by atoms with Gasteiger partial charge in [-0.2, -0.15) is 5.26 Å². The van der Waals surface area contributed by atoms with Gasteiger partial charge >= 0.3 is 0 Å². The highest BCUT2D eigenvalue weighted by Crippen LogP contribution is 2.06. The number of hydrogen-bond donors (Lipinski definition) is 2. The van der Waals surface area contributed by atoms with E-state index in [2.05, 4.69) is 5.43 Å². The van der Waals surface area contributed by atoms with Crippen LogP contribution in [-0.2, 0) is 0 Å². The van der Waals surface area contributed by atoms with Crippen molar-refractivity contribution in [2.75, 3.05) is 5.43 Å². The number of rotatable bonds is 3. The molecule has 0 radical (unpaired) electrons. The van der Waals surface area contributed by atoms with Crippen molar-refractivity contribution in [1.29, 1.82) is 5.26 Å². The van der Waals surface area contributed by atoms with Crippen molar-refractivity contribution >= 4 is 5.69 Å². The third kappa shape index (κ3) is 2.67. The van der Waals surface area contributed by atoms with Gasteiger partial charge in [-0.15, -0.1) is 0 Å². The van der Waals surface area contributed by atoms with Crippen LogP contribution in [0.1, 0.15) is 5.56 Å². The molecule has 66 valence electrons. The third-order valence-corrected chi connectivity index (χ3v) is 1.31. The van der Waals surface area contributed by atoms with Gasteiger partial charge in [0.25, 0.3) is 0 Å². The van der Waals surface area contributed by atoms with Crippen molar-refractivity contribution in [3.05, 3.63) is 39.9 Å². The maximum Gasteiger partial charge on any atom is 0.178 e. The first-order valence-corrected chi connectivity index (χ1v) is 3.38. The van der Waals surface area contributed by atoms with E-state index in [9.17, 15) is 10.1 Å². The fraction of sp³-hybridized carbons (Fsp3) is 0. The SMILES string of the molecule is N#Cc1ccc(NN[N+](=O)[O-])cc1. The molecule has 0 amide bonds. The van der Waals surface area contributed by atoms with Crippen molar-refractivity contribution in [3.8, 4) is 6.07 Å². The lowest BCUT2D eigenvalue weighted by atomic mass is 10.2. The summed E-state index contributed by atoms with van der Waals surface area (Å²) in [6.45, 7) is 0. The van der Waals surface area contributed by atoms with E-state index in [4.69, 9.17) is 5.26 Å². The molecule has 0 spiro atoms. The fourth-order valence-electron chi connectivity index (χ4n) is 0.738. The second-order valence-corrected chi connectivity index (χ2v) is 2.18. The second kappa shape index (κ2) is 3.92. The smallest absolute Gasteiger partial charge is 0.178 e. The number of nitrogens with zero attached hydrogens (tertiary/aromatic N) is 2. The Morgan fingerprint density at radius 3 is 2.46 bits per heavy atom. The summed E-state index contributed by atoms with van der Waals surface area (Å²) in [6, 6.07) is 8.19. The summed E-state index contributed by atoms with van der Waals surface area (Å²) in [5.41, 5.74) is 5.16. The van der Waals surface area contributed by atoms with Crippen LogP contribution in [0.25, 0.3) is 0 Å². The summed E-state index contributed by atoms with van der Waals surface area (Å²) in [6.07, 6.45) is 0. The van der Waals surface area contributed by atoms with E-state index in [1.165, 1.54) is 0 Å². The van der Waals surface area contributed by atoms with Crippen LogP contribution in [0.2, 0.25) is 0 Å². The van der Waals surface area contributed by atoms with Gasteiger partial charge in [0.1, 0.15) is 0 Å². The van der Waals surface area contributed by atoms with E-state index in [-0.39, 0.29) is 0 Å². The largest absolute Gasteiger partial charge is 0.248 e. The van der Waals surface area contributed by atoms with Crippen LogP contribution in [0.15, 0.2) is 24.3 Å².